The number of hydrogen-bond acceptors (Lipinski definition) is 2. The van der Waals surface area contributed by atoms with Crippen LogP contribution in [0, 0.1) is 0 Å². The molecule has 0 bridgehead atoms. The van der Waals surface area contributed by atoms with E-state index in [1.165, 1.54) is 0 Å². The standard InChI is InChI=1S/C11H16ClN5S/c1-2-5-18-9-4-3-7(6-8(9)12)16-11(15)17-10(13)14/h3-4,6H,2,5H2,1H3,(H6,13,14,15,16,17). The molecule has 0 atom stereocenters. The molecule has 0 saturated heterocycles. The van der Waals surface area contributed by atoms with E-state index < -0.39 is 0 Å². The maximum Gasteiger partial charge on any atom is 0.223 e. The Labute approximate surface area is 115 Å². The van der Waals surface area contributed by atoms with Gasteiger partial charge in [0.15, 0.2) is 5.96 Å². The largest absolute Gasteiger partial charge is 0.370 e. The zero-order chi connectivity index (χ0) is 13.5. The Bertz CT molecular complexity index is 469. The van der Waals surface area contributed by atoms with Crippen LogP contribution in [-0.4, -0.2) is 17.7 Å². The van der Waals surface area contributed by atoms with Crippen LogP contribution in [-0.2, 0) is 0 Å². The Morgan fingerprint density at radius 1 is 1.33 bits per heavy atom. The summed E-state index contributed by atoms with van der Waals surface area (Å²) in [5, 5.41) is 0.646. The molecule has 0 radical (unpaired) electrons. The summed E-state index contributed by atoms with van der Waals surface area (Å²) >= 11 is 7.84. The summed E-state index contributed by atoms with van der Waals surface area (Å²) in [6, 6.07) is 5.46. The lowest BCUT2D eigenvalue weighted by molar-refractivity contribution is 1.10. The molecule has 0 saturated carbocycles. The fourth-order valence-electron chi connectivity index (χ4n) is 1.18. The van der Waals surface area contributed by atoms with Gasteiger partial charge in [0.25, 0.3) is 0 Å². The molecule has 1 rings (SSSR count). The minimum absolute atomic E-state index is 0.0000259. The number of halogens is 1. The van der Waals surface area contributed by atoms with Gasteiger partial charge in [-0.1, -0.05) is 18.5 Å². The van der Waals surface area contributed by atoms with Crippen LogP contribution >= 0.6 is 23.4 Å². The van der Waals surface area contributed by atoms with Gasteiger partial charge < -0.3 is 17.2 Å². The predicted octanol–water partition coefficient (Wildman–Crippen LogP) is 2.06. The van der Waals surface area contributed by atoms with Gasteiger partial charge in [0.1, 0.15) is 0 Å². The molecule has 18 heavy (non-hydrogen) atoms. The van der Waals surface area contributed by atoms with Crippen molar-refractivity contribution in [3.63, 3.8) is 0 Å². The first-order chi connectivity index (χ1) is 8.52. The van der Waals surface area contributed by atoms with Crippen LogP contribution in [0.1, 0.15) is 13.3 Å². The first kappa shape index (κ1) is 14.7. The van der Waals surface area contributed by atoms with Gasteiger partial charge in [-0.15, -0.1) is 11.8 Å². The van der Waals surface area contributed by atoms with Gasteiger partial charge in [-0.2, -0.15) is 4.99 Å². The Balaban J connectivity index is 2.87. The highest BCUT2D eigenvalue weighted by Crippen LogP contribution is 2.30. The zero-order valence-corrected chi connectivity index (χ0v) is 11.6. The van der Waals surface area contributed by atoms with Gasteiger partial charge in [0.2, 0.25) is 5.96 Å². The third kappa shape index (κ3) is 4.85. The number of nitrogens with two attached hydrogens (primary N) is 3. The first-order valence-electron chi connectivity index (χ1n) is 5.39. The smallest absolute Gasteiger partial charge is 0.223 e. The summed E-state index contributed by atoms with van der Waals surface area (Å²) in [5.74, 6) is 0.899. The molecule has 0 aliphatic rings. The molecule has 98 valence electrons. The molecule has 7 heteroatoms. The maximum absolute atomic E-state index is 6.14. The molecule has 1 aromatic rings. The van der Waals surface area contributed by atoms with Crippen LogP contribution in [0.25, 0.3) is 0 Å². The zero-order valence-electron chi connectivity index (χ0n) is 10.1. The predicted molar refractivity (Wildman–Crippen MR) is 79.6 cm³/mol. The van der Waals surface area contributed by atoms with Crippen LogP contribution < -0.4 is 17.2 Å². The van der Waals surface area contributed by atoms with Crippen LogP contribution in [0.2, 0.25) is 5.02 Å². The second kappa shape index (κ2) is 7.13. The molecule has 0 aliphatic heterocycles. The van der Waals surface area contributed by atoms with E-state index in [0.29, 0.717) is 10.7 Å². The van der Waals surface area contributed by atoms with Crippen molar-refractivity contribution in [1.29, 1.82) is 0 Å². The van der Waals surface area contributed by atoms with Gasteiger partial charge in [0.05, 0.1) is 10.7 Å². The second-order valence-electron chi connectivity index (χ2n) is 3.47. The lowest BCUT2D eigenvalue weighted by Crippen LogP contribution is -2.26. The average molecular weight is 286 g/mol. The SMILES string of the molecule is CCCSc1ccc(N=C(N)N=C(N)N)cc1Cl. The molecular weight excluding hydrogens is 270 g/mol. The van der Waals surface area contributed by atoms with Crippen molar-refractivity contribution in [1.82, 2.24) is 0 Å². The third-order valence-corrected chi connectivity index (χ3v) is 3.57. The molecular formula is C11H16ClN5S. The van der Waals surface area contributed by atoms with E-state index >= 15 is 0 Å². The highest BCUT2D eigenvalue weighted by Gasteiger charge is 2.02. The summed E-state index contributed by atoms with van der Waals surface area (Å²) < 4.78 is 0. The number of nitrogens with zero attached hydrogens (tertiary/aromatic N) is 2. The monoisotopic (exact) mass is 285 g/mol. The number of guanidine groups is 2. The fourth-order valence-corrected chi connectivity index (χ4v) is 2.30. The summed E-state index contributed by atoms with van der Waals surface area (Å²) in [6.07, 6.45) is 1.10. The minimum Gasteiger partial charge on any atom is -0.370 e. The number of aliphatic imine (C=N–C) groups is 2. The van der Waals surface area contributed by atoms with Gasteiger partial charge >= 0.3 is 0 Å². The molecule has 0 aromatic heterocycles. The van der Waals surface area contributed by atoms with E-state index in [-0.39, 0.29) is 11.9 Å². The summed E-state index contributed by atoms with van der Waals surface area (Å²) in [6.45, 7) is 2.12. The van der Waals surface area contributed by atoms with Crippen LogP contribution in [0.15, 0.2) is 33.1 Å². The van der Waals surface area contributed by atoms with Gasteiger partial charge in [-0.05, 0) is 30.4 Å². The van der Waals surface area contributed by atoms with Crippen molar-refractivity contribution < 1.29 is 0 Å². The van der Waals surface area contributed by atoms with Gasteiger partial charge in [0, 0.05) is 4.90 Å². The Hall–Kier alpha value is -1.40. The molecule has 1 aromatic carbocycles. The van der Waals surface area contributed by atoms with Crippen LogP contribution in [0.5, 0.6) is 0 Å². The lowest BCUT2D eigenvalue weighted by atomic mass is 10.3. The molecule has 0 spiro atoms. The molecule has 0 heterocycles. The summed E-state index contributed by atoms with van der Waals surface area (Å²) in [7, 11) is 0. The molecule has 5 nitrogen and oxygen atoms in total. The second-order valence-corrected chi connectivity index (χ2v) is 5.01. The molecule has 0 amide bonds. The van der Waals surface area contributed by atoms with Gasteiger partial charge in [-0.25, -0.2) is 4.99 Å². The topological polar surface area (TPSA) is 103 Å². The highest BCUT2D eigenvalue weighted by atomic mass is 35.5. The molecule has 0 aliphatic carbocycles. The first-order valence-corrected chi connectivity index (χ1v) is 6.75. The van der Waals surface area contributed by atoms with Gasteiger partial charge in [-0.3, -0.25) is 0 Å². The van der Waals surface area contributed by atoms with E-state index in [1.54, 1.807) is 17.8 Å². The lowest BCUT2D eigenvalue weighted by Gasteiger charge is -2.04. The Kier molecular flexibility index (Phi) is 5.80. The minimum atomic E-state index is -0.127. The number of hydrogen-bond donors (Lipinski definition) is 3. The number of rotatable bonds is 4. The van der Waals surface area contributed by atoms with Crippen molar-refractivity contribution in [2.45, 2.75) is 18.2 Å². The average Bonchev–Trinajstić information content (AvgIpc) is 2.26. The Morgan fingerprint density at radius 2 is 2.06 bits per heavy atom. The highest BCUT2D eigenvalue weighted by molar-refractivity contribution is 7.99. The number of thioether (sulfide) groups is 1. The van der Waals surface area contributed by atoms with Crippen molar-refractivity contribution in [3.05, 3.63) is 23.2 Å². The van der Waals surface area contributed by atoms with Crippen LogP contribution in [0.4, 0.5) is 5.69 Å². The van der Waals surface area contributed by atoms with E-state index in [1.807, 2.05) is 12.1 Å². The summed E-state index contributed by atoms with van der Waals surface area (Å²) in [5.41, 5.74) is 16.5. The fraction of sp³-hybridized carbons (Fsp3) is 0.273. The van der Waals surface area contributed by atoms with Crippen molar-refractivity contribution in [2.24, 2.45) is 27.2 Å². The molecule has 6 N–H and O–H groups in total. The third-order valence-electron chi connectivity index (χ3n) is 1.86. The Morgan fingerprint density at radius 3 is 2.61 bits per heavy atom. The van der Waals surface area contributed by atoms with Crippen molar-refractivity contribution >= 4 is 41.0 Å². The van der Waals surface area contributed by atoms with E-state index in [0.717, 1.165) is 17.1 Å². The van der Waals surface area contributed by atoms with Crippen LogP contribution in [0.3, 0.4) is 0 Å². The maximum atomic E-state index is 6.14. The van der Waals surface area contributed by atoms with E-state index in [2.05, 4.69) is 16.9 Å². The van der Waals surface area contributed by atoms with E-state index in [4.69, 9.17) is 28.8 Å². The van der Waals surface area contributed by atoms with E-state index in [9.17, 15) is 0 Å². The van der Waals surface area contributed by atoms with Crippen molar-refractivity contribution in [2.75, 3.05) is 5.75 Å². The molecule has 0 fully saturated rings. The number of benzene rings is 1. The normalized spacial score (nSPS) is 11.3. The summed E-state index contributed by atoms with van der Waals surface area (Å²) in [4.78, 5) is 8.69. The van der Waals surface area contributed by atoms with Crippen molar-refractivity contribution in [3.8, 4) is 0 Å². The quantitative estimate of drug-likeness (QED) is 0.447. The molecule has 0 unspecified atom stereocenters.